The van der Waals surface area contributed by atoms with E-state index in [1.54, 1.807) is 0 Å². The highest BCUT2D eigenvalue weighted by atomic mass is 16.4. The van der Waals surface area contributed by atoms with Crippen molar-refractivity contribution >= 4 is 0 Å². The van der Waals surface area contributed by atoms with E-state index >= 15 is 0 Å². The molecule has 2 bridgehead atoms. The maximum absolute atomic E-state index is 6.45. The molecule has 3 heterocycles. The zero-order valence-corrected chi connectivity index (χ0v) is 17.3. The van der Waals surface area contributed by atoms with Crippen molar-refractivity contribution in [3.63, 3.8) is 0 Å². The summed E-state index contributed by atoms with van der Waals surface area (Å²) in [5.41, 5.74) is 0. The van der Waals surface area contributed by atoms with Crippen LogP contribution >= 0.6 is 0 Å². The first-order valence-corrected chi connectivity index (χ1v) is 11.8. The van der Waals surface area contributed by atoms with Gasteiger partial charge in [-0.15, -0.1) is 10.2 Å². The van der Waals surface area contributed by atoms with Gasteiger partial charge < -0.3 is 4.42 Å². The molecule has 2 aliphatic heterocycles. The standard InChI is InChI=1S/C23H37N3O/c1-15-8-10-16(11-9-15)19-14-18-12-13-20(26(18)2)21(19)23-25-24-22(27-23)17-6-4-3-5-7-17/h15-21H,3-14H2,1-2H3/t15?,16?,18-,19-,20?,21?/m1/s1. The maximum atomic E-state index is 6.45. The summed E-state index contributed by atoms with van der Waals surface area (Å²) in [6.45, 7) is 2.43. The molecule has 1 aromatic rings. The van der Waals surface area contributed by atoms with Crippen molar-refractivity contribution in [3.8, 4) is 0 Å². The molecule has 0 aromatic carbocycles. The first-order chi connectivity index (χ1) is 13.2. The summed E-state index contributed by atoms with van der Waals surface area (Å²) in [4.78, 5) is 2.65. The smallest absolute Gasteiger partial charge is 0.221 e. The molecule has 2 aliphatic carbocycles. The Labute approximate surface area is 164 Å². The predicted molar refractivity (Wildman–Crippen MR) is 107 cm³/mol. The molecule has 5 rings (SSSR count). The topological polar surface area (TPSA) is 42.2 Å². The fraction of sp³-hybridized carbons (Fsp3) is 0.913. The second kappa shape index (κ2) is 7.50. The van der Waals surface area contributed by atoms with Crippen LogP contribution in [0.1, 0.15) is 108 Å². The molecule has 1 aromatic heterocycles. The van der Waals surface area contributed by atoms with E-state index in [1.165, 1.54) is 77.0 Å². The lowest BCUT2D eigenvalue weighted by atomic mass is 9.67. The van der Waals surface area contributed by atoms with Crippen LogP contribution in [0.3, 0.4) is 0 Å². The molecule has 27 heavy (non-hydrogen) atoms. The van der Waals surface area contributed by atoms with Crippen molar-refractivity contribution in [1.29, 1.82) is 0 Å². The van der Waals surface area contributed by atoms with Crippen LogP contribution in [0.2, 0.25) is 0 Å². The zero-order valence-electron chi connectivity index (χ0n) is 17.3. The molecule has 4 atom stereocenters. The van der Waals surface area contributed by atoms with Crippen LogP contribution in [-0.2, 0) is 0 Å². The second-order valence-corrected chi connectivity index (χ2v) is 10.2. The number of piperidine rings is 1. The molecule has 2 saturated heterocycles. The summed E-state index contributed by atoms with van der Waals surface area (Å²) >= 11 is 0. The molecule has 4 fully saturated rings. The summed E-state index contributed by atoms with van der Waals surface area (Å²) in [5.74, 6) is 5.46. The quantitative estimate of drug-likeness (QED) is 0.702. The monoisotopic (exact) mass is 371 g/mol. The van der Waals surface area contributed by atoms with Gasteiger partial charge in [0.25, 0.3) is 0 Å². The highest BCUT2D eigenvalue weighted by molar-refractivity contribution is 5.11. The first-order valence-electron chi connectivity index (χ1n) is 11.8. The summed E-state index contributed by atoms with van der Waals surface area (Å²) in [5, 5.41) is 9.26. The first kappa shape index (κ1) is 18.1. The van der Waals surface area contributed by atoms with Crippen molar-refractivity contribution in [1.82, 2.24) is 15.1 Å². The van der Waals surface area contributed by atoms with Crippen LogP contribution in [0, 0.1) is 17.8 Å². The number of fused-ring (bicyclic) bond motifs is 2. The summed E-state index contributed by atoms with van der Waals surface area (Å²) in [6, 6.07) is 1.41. The predicted octanol–water partition coefficient (Wildman–Crippen LogP) is 5.51. The Hall–Kier alpha value is -0.900. The van der Waals surface area contributed by atoms with E-state index in [-0.39, 0.29) is 0 Å². The molecule has 0 spiro atoms. The highest BCUT2D eigenvalue weighted by Crippen LogP contribution is 2.52. The third kappa shape index (κ3) is 3.36. The van der Waals surface area contributed by atoms with Crippen LogP contribution in [0.5, 0.6) is 0 Å². The number of hydrogen-bond donors (Lipinski definition) is 0. The lowest BCUT2D eigenvalue weighted by molar-refractivity contribution is 0.0466. The Morgan fingerprint density at radius 3 is 2.37 bits per heavy atom. The van der Waals surface area contributed by atoms with Gasteiger partial charge in [0.1, 0.15) is 0 Å². The van der Waals surface area contributed by atoms with Crippen molar-refractivity contribution in [2.45, 2.75) is 108 Å². The van der Waals surface area contributed by atoms with Gasteiger partial charge in [-0.2, -0.15) is 0 Å². The molecule has 4 nitrogen and oxygen atoms in total. The fourth-order valence-electron chi connectivity index (χ4n) is 6.95. The van der Waals surface area contributed by atoms with Gasteiger partial charge in [-0.3, -0.25) is 4.90 Å². The van der Waals surface area contributed by atoms with Crippen LogP contribution in [-0.4, -0.2) is 34.2 Å². The molecule has 0 amide bonds. The molecule has 2 unspecified atom stereocenters. The van der Waals surface area contributed by atoms with E-state index in [2.05, 4.69) is 29.1 Å². The normalized spacial score (nSPS) is 41.1. The Bertz CT molecular complexity index is 629. The number of nitrogens with zero attached hydrogens (tertiary/aromatic N) is 3. The molecule has 4 aliphatic rings. The van der Waals surface area contributed by atoms with E-state index in [0.29, 0.717) is 17.9 Å². The van der Waals surface area contributed by atoms with E-state index < -0.39 is 0 Å². The zero-order chi connectivity index (χ0) is 18.4. The average molecular weight is 372 g/mol. The van der Waals surface area contributed by atoms with Gasteiger partial charge in [-0.05, 0) is 69.7 Å². The maximum Gasteiger partial charge on any atom is 0.221 e. The van der Waals surface area contributed by atoms with Crippen molar-refractivity contribution in [3.05, 3.63) is 11.8 Å². The average Bonchev–Trinajstić information content (AvgIpc) is 3.26. The van der Waals surface area contributed by atoms with E-state index in [0.717, 1.165) is 35.6 Å². The van der Waals surface area contributed by atoms with Crippen LogP contribution < -0.4 is 0 Å². The Morgan fingerprint density at radius 2 is 1.59 bits per heavy atom. The molecule has 2 saturated carbocycles. The van der Waals surface area contributed by atoms with Gasteiger partial charge in [0.2, 0.25) is 11.8 Å². The molecule has 4 heteroatoms. The fourth-order valence-corrected chi connectivity index (χ4v) is 6.95. The second-order valence-electron chi connectivity index (χ2n) is 10.2. The van der Waals surface area contributed by atoms with Crippen molar-refractivity contribution < 1.29 is 4.42 Å². The van der Waals surface area contributed by atoms with Gasteiger partial charge in [0.15, 0.2) is 0 Å². The van der Waals surface area contributed by atoms with Gasteiger partial charge >= 0.3 is 0 Å². The molecule has 0 N–H and O–H groups in total. The summed E-state index contributed by atoms with van der Waals surface area (Å²) < 4.78 is 6.45. The number of aromatic nitrogens is 2. The molecule has 150 valence electrons. The number of likely N-dealkylation sites (N-methyl/N-ethyl adjacent to an activating group) is 1. The number of hydrogen-bond acceptors (Lipinski definition) is 4. The summed E-state index contributed by atoms with van der Waals surface area (Å²) in [6.07, 6.45) is 16.2. The third-order valence-corrected chi connectivity index (χ3v) is 8.68. The largest absolute Gasteiger partial charge is 0.425 e. The Kier molecular flexibility index (Phi) is 5.04. The Balaban J connectivity index is 1.41. The molecular formula is C23H37N3O. The van der Waals surface area contributed by atoms with Crippen LogP contribution in [0.25, 0.3) is 0 Å². The third-order valence-electron chi connectivity index (χ3n) is 8.68. The SMILES string of the molecule is CC1CCC([C@H]2C[C@H]3CCC(C2c2nnc(C4CCCCC4)o2)N3C)CC1. The molecular weight excluding hydrogens is 334 g/mol. The minimum atomic E-state index is 0.469. The lowest BCUT2D eigenvalue weighted by Crippen LogP contribution is -2.47. The molecule has 0 radical (unpaired) electrons. The van der Waals surface area contributed by atoms with E-state index in [1.807, 2.05) is 0 Å². The van der Waals surface area contributed by atoms with Crippen LogP contribution in [0.4, 0.5) is 0 Å². The van der Waals surface area contributed by atoms with Crippen LogP contribution in [0.15, 0.2) is 4.42 Å². The minimum absolute atomic E-state index is 0.469. The van der Waals surface area contributed by atoms with Gasteiger partial charge in [0.05, 0.1) is 5.92 Å². The Morgan fingerprint density at radius 1 is 0.852 bits per heavy atom. The minimum Gasteiger partial charge on any atom is -0.425 e. The van der Waals surface area contributed by atoms with Gasteiger partial charge in [-0.25, -0.2) is 0 Å². The number of rotatable bonds is 3. The van der Waals surface area contributed by atoms with Gasteiger partial charge in [-0.1, -0.05) is 39.0 Å². The van der Waals surface area contributed by atoms with Crippen molar-refractivity contribution in [2.24, 2.45) is 17.8 Å². The lowest BCUT2D eigenvalue weighted by Gasteiger charge is -2.46. The van der Waals surface area contributed by atoms with E-state index in [9.17, 15) is 0 Å². The van der Waals surface area contributed by atoms with Gasteiger partial charge in [0, 0.05) is 18.0 Å². The highest BCUT2D eigenvalue weighted by Gasteiger charge is 2.50. The summed E-state index contributed by atoms with van der Waals surface area (Å²) in [7, 11) is 2.34. The van der Waals surface area contributed by atoms with E-state index in [4.69, 9.17) is 4.42 Å². The van der Waals surface area contributed by atoms with Crippen molar-refractivity contribution in [2.75, 3.05) is 7.05 Å².